The zero-order valence-electron chi connectivity index (χ0n) is 13.1. The first-order valence-electron chi connectivity index (χ1n) is 7.87. The van der Waals surface area contributed by atoms with Crippen LogP contribution in [0.4, 0.5) is 0 Å². The molecular weight excluding hydrogens is 278 g/mol. The standard InChI is InChI=1S/C17H21N3O2/c1-9-5-4-6-10-14(9)22-20-15(10)17(2,3)19-16(21)13-11-7-18-8-12(11)13/h4-6,11-13,18H,7-8H2,1-3H3,(H,19,21)/t11-,12+,13+. The summed E-state index contributed by atoms with van der Waals surface area (Å²) in [6.45, 7) is 7.91. The second-order valence-electron chi connectivity index (χ2n) is 7.11. The van der Waals surface area contributed by atoms with Crippen molar-refractivity contribution in [1.82, 2.24) is 15.8 Å². The molecule has 1 aliphatic carbocycles. The summed E-state index contributed by atoms with van der Waals surface area (Å²) in [5.74, 6) is 1.35. The van der Waals surface area contributed by atoms with E-state index in [0.717, 1.165) is 35.3 Å². The third kappa shape index (κ3) is 1.96. The molecule has 4 rings (SSSR count). The number of para-hydroxylation sites is 1. The molecule has 1 aliphatic heterocycles. The van der Waals surface area contributed by atoms with Gasteiger partial charge in [-0.2, -0.15) is 0 Å². The zero-order chi connectivity index (χ0) is 15.5. The van der Waals surface area contributed by atoms with Crippen molar-refractivity contribution >= 4 is 16.9 Å². The number of carbonyl (C=O) groups excluding carboxylic acids is 1. The molecule has 2 heterocycles. The van der Waals surface area contributed by atoms with E-state index in [1.165, 1.54) is 0 Å². The van der Waals surface area contributed by atoms with Gasteiger partial charge >= 0.3 is 0 Å². The van der Waals surface area contributed by atoms with E-state index in [1.54, 1.807) is 0 Å². The Morgan fingerprint density at radius 2 is 2.09 bits per heavy atom. The molecular formula is C17H21N3O2. The number of benzene rings is 1. The topological polar surface area (TPSA) is 67.2 Å². The molecule has 1 aromatic carbocycles. The molecule has 22 heavy (non-hydrogen) atoms. The predicted octanol–water partition coefficient (Wildman–Crippen LogP) is 1.95. The first-order valence-corrected chi connectivity index (χ1v) is 7.87. The van der Waals surface area contributed by atoms with Crippen LogP contribution in [0.15, 0.2) is 22.7 Å². The molecule has 2 aromatic rings. The average Bonchev–Trinajstić information content (AvgIpc) is 2.85. The fourth-order valence-corrected chi connectivity index (χ4v) is 3.81. The van der Waals surface area contributed by atoms with Crippen molar-refractivity contribution < 1.29 is 9.32 Å². The van der Waals surface area contributed by atoms with E-state index in [-0.39, 0.29) is 11.8 Å². The number of aromatic nitrogens is 1. The molecule has 5 heteroatoms. The first-order chi connectivity index (χ1) is 10.5. The summed E-state index contributed by atoms with van der Waals surface area (Å²) in [6, 6.07) is 5.99. The highest BCUT2D eigenvalue weighted by Gasteiger charge is 2.57. The van der Waals surface area contributed by atoms with Gasteiger partial charge in [0.15, 0.2) is 5.58 Å². The van der Waals surface area contributed by atoms with Crippen LogP contribution in [-0.4, -0.2) is 24.2 Å². The van der Waals surface area contributed by atoms with Gasteiger partial charge in [-0.15, -0.1) is 0 Å². The quantitative estimate of drug-likeness (QED) is 0.909. The normalized spacial score (nSPS) is 27.0. The van der Waals surface area contributed by atoms with E-state index in [4.69, 9.17) is 4.52 Å². The number of amides is 1. The molecule has 1 saturated carbocycles. The van der Waals surface area contributed by atoms with Gasteiger partial charge in [0.2, 0.25) is 5.91 Å². The Labute approximate surface area is 129 Å². The molecule has 5 nitrogen and oxygen atoms in total. The van der Waals surface area contributed by atoms with Crippen molar-refractivity contribution in [2.45, 2.75) is 26.3 Å². The summed E-state index contributed by atoms with van der Waals surface area (Å²) < 4.78 is 5.49. The molecule has 2 aliphatic rings. The number of carbonyl (C=O) groups is 1. The van der Waals surface area contributed by atoms with Crippen LogP contribution in [0.2, 0.25) is 0 Å². The van der Waals surface area contributed by atoms with Crippen LogP contribution >= 0.6 is 0 Å². The third-order valence-corrected chi connectivity index (χ3v) is 5.12. The van der Waals surface area contributed by atoms with Gasteiger partial charge in [-0.25, -0.2) is 0 Å². The number of hydrogen-bond acceptors (Lipinski definition) is 4. The molecule has 0 radical (unpaired) electrons. The highest BCUT2D eigenvalue weighted by molar-refractivity contribution is 5.86. The summed E-state index contributed by atoms with van der Waals surface area (Å²) in [5.41, 5.74) is 2.11. The van der Waals surface area contributed by atoms with E-state index in [9.17, 15) is 4.79 Å². The minimum Gasteiger partial charge on any atom is -0.356 e. The number of nitrogens with zero attached hydrogens (tertiary/aromatic N) is 1. The van der Waals surface area contributed by atoms with E-state index in [1.807, 2.05) is 39.0 Å². The van der Waals surface area contributed by atoms with E-state index >= 15 is 0 Å². The zero-order valence-corrected chi connectivity index (χ0v) is 13.1. The number of rotatable bonds is 3. The smallest absolute Gasteiger partial charge is 0.224 e. The molecule has 2 N–H and O–H groups in total. The number of aryl methyl sites for hydroxylation is 1. The SMILES string of the molecule is Cc1cccc2c(C(C)(C)NC(=O)[C@H]3[C@@H]4CNC[C@@H]43)noc12. The first kappa shape index (κ1) is 13.8. The number of piperidine rings is 1. The van der Waals surface area contributed by atoms with Gasteiger partial charge in [-0.05, 0) is 57.3 Å². The Kier molecular flexibility index (Phi) is 2.85. The number of fused-ring (bicyclic) bond motifs is 2. The van der Waals surface area contributed by atoms with Gasteiger partial charge in [0, 0.05) is 11.3 Å². The lowest BCUT2D eigenvalue weighted by Gasteiger charge is -2.24. The lowest BCUT2D eigenvalue weighted by atomic mass is 9.96. The lowest BCUT2D eigenvalue weighted by Crippen LogP contribution is -2.43. The maximum Gasteiger partial charge on any atom is 0.224 e. The number of hydrogen-bond donors (Lipinski definition) is 2. The van der Waals surface area contributed by atoms with Crippen molar-refractivity contribution in [2.75, 3.05) is 13.1 Å². The summed E-state index contributed by atoms with van der Waals surface area (Å²) >= 11 is 0. The highest BCUT2D eigenvalue weighted by atomic mass is 16.5. The monoisotopic (exact) mass is 299 g/mol. The Bertz CT molecular complexity index is 739. The van der Waals surface area contributed by atoms with Gasteiger partial charge in [0.1, 0.15) is 5.69 Å². The van der Waals surface area contributed by atoms with Crippen LogP contribution in [0.3, 0.4) is 0 Å². The van der Waals surface area contributed by atoms with E-state index < -0.39 is 5.54 Å². The Morgan fingerprint density at radius 1 is 1.36 bits per heavy atom. The highest BCUT2D eigenvalue weighted by Crippen LogP contribution is 2.49. The Balaban J connectivity index is 1.59. The molecule has 3 atom stereocenters. The summed E-state index contributed by atoms with van der Waals surface area (Å²) in [7, 11) is 0. The van der Waals surface area contributed by atoms with Crippen LogP contribution in [0.1, 0.15) is 25.1 Å². The van der Waals surface area contributed by atoms with E-state index in [2.05, 4.69) is 15.8 Å². The fourth-order valence-electron chi connectivity index (χ4n) is 3.81. The van der Waals surface area contributed by atoms with Crippen LogP contribution in [0, 0.1) is 24.7 Å². The van der Waals surface area contributed by atoms with Gasteiger partial charge in [0.05, 0.1) is 5.54 Å². The van der Waals surface area contributed by atoms with Crippen molar-refractivity contribution in [3.8, 4) is 0 Å². The van der Waals surface area contributed by atoms with Gasteiger partial charge in [-0.1, -0.05) is 17.3 Å². The average molecular weight is 299 g/mol. The van der Waals surface area contributed by atoms with Crippen molar-refractivity contribution in [1.29, 1.82) is 0 Å². The Morgan fingerprint density at radius 3 is 2.82 bits per heavy atom. The van der Waals surface area contributed by atoms with Crippen LogP contribution in [0.25, 0.3) is 11.0 Å². The minimum atomic E-state index is -0.541. The van der Waals surface area contributed by atoms with Crippen molar-refractivity contribution in [3.63, 3.8) is 0 Å². The van der Waals surface area contributed by atoms with Crippen molar-refractivity contribution in [2.24, 2.45) is 17.8 Å². The molecule has 1 amide bonds. The van der Waals surface area contributed by atoms with Crippen molar-refractivity contribution in [3.05, 3.63) is 29.5 Å². The Hall–Kier alpha value is -1.88. The van der Waals surface area contributed by atoms with E-state index in [0.29, 0.717) is 11.8 Å². The molecule has 0 unspecified atom stereocenters. The maximum absolute atomic E-state index is 12.5. The summed E-state index contributed by atoms with van der Waals surface area (Å²) in [4.78, 5) is 12.5. The third-order valence-electron chi connectivity index (χ3n) is 5.12. The van der Waals surface area contributed by atoms with Gasteiger partial charge in [0.25, 0.3) is 0 Å². The lowest BCUT2D eigenvalue weighted by molar-refractivity contribution is -0.124. The molecule has 116 valence electrons. The molecule has 0 spiro atoms. The van der Waals surface area contributed by atoms with Crippen LogP contribution in [0.5, 0.6) is 0 Å². The largest absolute Gasteiger partial charge is 0.356 e. The predicted molar refractivity (Wildman–Crippen MR) is 83.3 cm³/mol. The second kappa shape index (κ2) is 4.56. The second-order valence-corrected chi connectivity index (χ2v) is 7.11. The van der Waals surface area contributed by atoms with Gasteiger partial charge < -0.3 is 15.2 Å². The number of nitrogens with one attached hydrogen (secondary N) is 2. The minimum absolute atomic E-state index is 0.144. The molecule has 1 aromatic heterocycles. The van der Waals surface area contributed by atoms with Crippen LogP contribution in [-0.2, 0) is 10.3 Å². The summed E-state index contributed by atoms with van der Waals surface area (Å²) in [6.07, 6.45) is 0. The summed E-state index contributed by atoms with van der Waals surface area (Å²) in [5, 5.41) is 11.7. The molecule has 0 bridgehead atoms. The molecule has 1 saturated heterocycles. The fraction of sp³-hybridized carbons (Fsp3) is 0.529. The van der Waals surface area contributed by atoms with Crippen LogP contribution < -0.4 is 10.6 Å². The maximum atomic E-state index is 12.5. The molecule has 2 fully saturated rings. The van der Waals surface area contributed by atoms with Gasteiger partial charge in [-0.3, -0.25) is 4.79 Å².